The van der Waals surface area contributed by atoms with Crippen LogP contribution in [-0.4, -0.2) is 18.5 Å². The van der Waals surface area contributed by atoms with Crippen LogP contribution in [0.4, 0.5) is 11.4 Å². The van der Waals surface area contributed by atoms with Gasteiger partial charge in [-0.15, -0.1) is 0 Å². The first-order chi connectivity index (χ1) is 6.27. The molecule has 1 unspecified atom stereocenters. The van der Waals surface area contributed by atoms with Crippen LogP contribution in [0.1, 0.15) is 0 Å². The van der Waals surface area contributed by atoms with Crippen LogP contribution < -0.4 is 16.4 Å². The molecule has 68 valence electrons. The molecule has 0 radical (unpaired) electrons. The minimum absolute atomic E-state index is 0.141. The maximum Gasteiger partial charge on any atom is 0.243 e. The van der Waals surface area contributed by atoms with Gasteiger partial charge in [0.25, 0.3) is 0 Å². The van der Waals surface area contributed by atoms with Crippen LogP contribution in [0.2, 0.25) is 0 Å². The minimum atomic E-state index is -0.479. The standard InChI is InChI=1S/C9H11N3O/c10-6-5-11-7-3-1-2-4-8(7)12-9(6)13/h1-4,6,11H,5,10H2,(H,12,13). The number of nitrogens with one attached hydrogen (secondary N) is 2. The van der Waals surface area contributed by atoms with E-state index in [9.17, 15) is 4.79 Å². The Bertz CT molecular complexity index is 337. The summed E-state index contributed by atoms with van der Waals surface area (Å²) < 4.78 is 0. The molecule has 0 saturated heterocycles. The topological polar surface area (TPSA) is 67.2 Å². The van der Waals surface area contributed by atoms with E-state index < -0.39 is 6.04 Å². The molecule has 0 fully saturated rings. The lowest BCUT2D eigenvalue weighted by molar-refractivity contribution is -0.117. The van der Waals surface area contributed by atoms with E-state index in [1.165, 1.54) is 0 Å². The largest absolute Gasteiger partial charge is 0.381 e. The molecule has 2 rings (SSSR count). The van der Waals surface area contributed by atoms with E-state index in [0.717, 1.165) is 11.4 Å². The van der Waals surface area contributed by atoms with Gasteiger partial charge >= 0.3 is 0 Å². The molecule has 1 atom stereocenters. The van der Waals surface area contributed by atoms with Crippen molar-refractivity contribution in [2.45, 2.75) is 6.04 Å². The highest BCUT2D eigenvalue weighted by Crippen LogP contribution is 2.22. The van der Waals surface area contributed by atoms with Crippen LogP contribution in [0, 0.1) is 0 Å². The molecular weight excluding hydrogens is 166 g/mol. The lowest BCUT2D eigenvalue weighted by Gasteiger charge is -2.05. The molecule has 1 aliphatic rings. The summed E-state index contributed by atoms with van der Waals surface area (Å²) >= 11 is 0. The van der Waals surface area contributed by atoms with Crippen LogP contribution in [0.15, 0.2) is 24.3 Å². The van der Waals surface area contributed by atoms with Crippen molar-refractivity contribution in [1.29, 1.82) is 0 Å². The molecule has 1 aromatic carbocycles. The summed E-state index contributed by atoms with van der Waals surface area (Å²) in [4.78, 5) is 11.3. The summed E-state index contributed by atoms with van der Waals surface area (Å²) in [5.74, 6) is -0.141. The summed E-state index contributed by atoms with van der Waals surface area (Å²) in [6, 6.07) is 7.06. The van der Waals surface area contributed by atoms with E-state index in [2.05, 4.69) is 10.6 Å². The Morgan fingerprint density at radius 2 is 2.00 bits per heavy atom. The van der Waals surface area contributed by atoms with Gasteiger partial charge < -0.3 is 16.4 Å². The molecule has 1 aromatic rings. The number of rotatable bonds is 0. The lowest BCUT2D eigenvalue weighted by atomic mass is 10.2. The van der Waals surface area contributed by atoms with Gasteiger partial charge in [0, 0.05) is 6.54 Å². The maximum absolute atomic E-state index is 11.3. The number of anilines is 2. The van der Waals surface area contributed by atoms with Gasteiger partial charge in [-0.1, -0.05) is 12.1 Å². The first-order valence-electron chi connectivity index (χ1n) is 4.17. The average molecular weight is 177 g/mol. The first kappa shape index (κ1) is 8.07. The lowest BCUT2D eigenvalue weighted by Crippen LogP contribution is -2.39. The summed E-state index contributed by atoms with van der Waals surface area (Å²) in [6.07, 6.45) is 0. The molecule has 1 amide bonds. The van der Waals surface area contributed by atoms with Crippen molar-refractivity contribution in [1.82, 2.24) is 0 Å². The first-order valence-corrected chi connectivity index (χ1v) is 4.17. The highest BCUT2D eigenvalue weighted by Gasteiger charge is 2.18. The molecule has 4 heteroatoms. The van der Waals surface area contributed by atoms with Gasteiger partial charge in [0.15, 0.2) is 0 Å². The normalized spacial score (nSPS) is 21.0. The number of amides is 1. The second-order valence-electron chi connectivity index (χ2n) is 3.02. The van der Waals surface area contributed by atoms with Gasteiger partial charge in [0.1, 0.15) is 6.04 Å². The predicted molar refractivity (Wildman–Crippen MR) is 51.5 cm³/mol. The fourth-order valence-corrected chi connectivity index (χ4v) is 1.28. The Morgan fingerprint density at radius 1 is 1.31 bits per heavy atom. The molecule has 4 N–H and O–H groups in total. The Kier molecular flexibility index (Phi) is 1.90. The number of carbonyl (C=O) groups excluding carboxylic acids is 1. The highest BCUT2D eigenvalue weighted by atomic mass is 16.2. The Labute approximate surface area is 76.1 Å². The molecular formula is C9H11N3O. The number of benzene rings is 1. The number of para-hydroxylation sites is 2. The third-order valence-electron chi connectivity index (χ3n) is 2.03. The number of hydrogen-bond acceptors (Lipinski definition) is 3. The fourth-order valence-electron chi connectivity index (χ4n) is 1.28. The van der Waals surface area contributed by atoms with Gasteiger partial charge in [-0.3, -0.25) is 4.79 Å². The van der Waals surface area contributed by atoms with Crippen LogP contribution >= 0.6 is 0 Å². The molecule has 4 nitrogen and oxygen atoms in total. The maximum atomic E-state index is 11.3. The van der Waals surface area contributed by atoms with E-state index in [1.807, 2.05) is 24.3 Å². The van der Waals surface area contributed by atoms with Gasteiger partial charge in [-0.25, -0.2) is 0 Å². The summed E-state index contributed by atoms with van der Waals surface area (Å²) in [7, 11) is 0. The van der Waals surface area contributed by atoms with Crippen molar-refractivity contribution in [3.8, 4) is 0 Å². The van der Waals surface area contributed by atoms with Crippen LogP contribution in [-0.2, 0) is 4.79 Å². The monoisotopic (exact) mass is 177 g/mol. The van der Waals surface area contributed by atoms with Crippen molar-refractivity contribution < 1.29 is 4.79 Å². The van der Waals surface area contributed by atoms with Crippen LogP contribution in [0.3, 0.4) is 0 Å². The van der Waals surface area contributed by atoms with Crippen molar-refractivity contribution in [3.63, 3.8) is 0 Å². The molecule has 0 saturated carbocycles. The van der Waals surface area contributed by atoms with Crippen molar-refractivity contribution in [2.75, 3.05) is 17.2 Å². The molecule has 13 heavy (non-hydrogen) atoms. The van der Waals surface area contributed by atoms with Gasteiger partial charge in [0.05, 0.1) is 11.4 Å². The molecule has 0 aliphatic carbocycles. The third kappa shape index (κ3) is 1.48. The highest BCUT2D eigenvalue weighted by molar-refractivity contribution is 5.99. The molecule has 1 heterocycles. The number of fused-ring (bicyclic) bond motifs is 1. The Hall–Kier alpha value is -1.55. The second-order valence-corrected chi connectivity index (χ2v) is 3.02. The molecule has 0 aromatic heterocycles. The van der Waals surface area contributed by atoms with Crippen LogP contribution in [0.25, 0.3) is 0 Å². The zero-order valence-electron chi connectivity index (χ0n) is 7.08. The van der Waals surface area contributed by atoms with E-state index >= 15 is 0 Å². The van der Waals surface area contributed by atoms with E-state index in [-0.39, 0.29) is 5.91 Å². The van der Waals surface area contributed by atoms with Gasteiger partial charge in [-0.05, 0) is 12.1 Å². The molecule has 1 aliphatic heterocycles. The zero-order valence-corrected chi connectivity index (χ0v) is 7.08. The van der Waals surface area contributed by atoms with E-state index in [1.54, 1.807) is 0 Å². The van der Waals surface area contributed by atoms with Crippen molar-refractivity contribution >= 4 is 17.3 Å². The van der Waals surface area contributed by atoms with E-state index in [4.69, 9.17) is 5.73 Å². The minimum Gasteiger partial charge on any atom is -0.381 e. The summed E-state index contributed by atoms with van der Waals surface area (Å²) in [5, 5.41) is 5.84. The SMILES string of the molecule is NC1CNc2ccccc2NC1=O. The number of carbonyl (C=O) groups is 1. The Balaban J connectivity index is 2.35. The Morgan fingerprint density at radius 3 is 2.77 bits per heavy atom. The van der Waals surface area contributed by atoms with Crippen molar-refractivity contribution in [3.05, 3.63) is 24.3 Å². The van der Waals surface area contributed by atoms with E-state index in [0.29, 0.717) is 6.54 Å². The number of nitrogens with two attached hydrogens (primary N) is 1. The second kappa shape index (κ2) is 3.06. The molecule has 0 bridgehead atoms. The predicted octanol–water partition coefficient (Wildman–Crippen LogP) is 0.378. The van der Waals surface area contributed by atoms with Gasteiger partial charge in [-0.2, -0.15) is 0 Å². The summed E-state index contributed by atoms with van der Waals surface area (Å²) in [5.41, 5.74) is 7.30. The zero-order chi connectivity index (χ0) is 9.26. The van der Waals surface area contributed by atoms with Crippen molar-refractivity contribution in [2.24, 2.45) is 5.73 Å². The van der Waals surface area contributed by atoms with Crippen LogP contribution in [0.5, 0.6) is 0 Å². The summed E-state index contributed by atoms with van der Waals surface area (Å²) in [6.45, 7) is 0.475. The van der Waals surface area contributed by atoms with Gasteiger partial charge in [0.2, 0.25) is 5.91 Å². The number of hydrogen-bond donors (Lipinski definition) is 3. The third-order valence-corrected chi connectivity index (χ3v) is 2.03. The fraction of sp³-hybridized carbons (Fsp3) is 0.222. The quantitative estimate of drug-likeness (QED) is 0.536. The molecule has 0 spiro atoms. The smallest absolute Gasteiger partial charge is 0.243 e. The average Bonchev–Trinajstić information content (AvgIpc) is 2.28.